The van der Waals surface area contributed by atoms with Crippen LogP contribution in [-0.4, -0.2) is 30.1 Å². The van der Waals surface area contributed by atoms with Gasteiger partial charge in [0.05, 0.1) is 6.04 Å². The first-order chi connectivity index (χ1) is 9.39. The van der Waals surface area contributed by atoms with Gasteiger partial charge in [-0.3, -0.25) is 4.90 Å². The van der Waals surface area contributed by atoms with Crippen molar-refractivity contribution >= 4 is 0 Å². The van der Waals surface area contributed by atoms with Crippen LogP contribution in [0.15, 0.2) is 18.2 Å². The summed E-state index contributed by atoms with van der Waals surface area (Å²) in [6.07, 6.45) is 0. The van der Waals surface area contributed by atoms with Gasteiger partial charge in [-0.2, -0.15) is 0 Å². The van der Waals surface area contributed by atoms with Gasteiger partial charge in [0.2, 0.25) is 0 Å². The Kier molecular flexibility index (Phi) is 6.08. The first-order valence-electron chi connectivity index (χ1n) is 7.32. The van der Waals surface area contributed by atoms with Crippen molar-refractivity contribution in [3.05, 3.63) is 35.4 Å². The van der Waals surface area contributed by atoms with Crippen LogP contribution in [0.5, 0.6) is 0 Å². The predicted octanol–water partition coefficient (Wildman–Crippen LogP) is 3.74. The summed E-state index contributed by atoms with van der Waals surface area (Å²) in [4.78, 5) is 2.25. The van der Waals surface area contributed by atoms with Crippen molar-refractivity contribution in [2.45, 2.75) is 46.2 Å². The largest absolute Gasteiger partial charge is 0.309 e. The topological polar surface area (TPSA) is 15.3 Å². The van der Waals surface area contributed by atoms with Crippen LogP contribution >= 0.6 is 0 Å². The Morgan fingerprint density at radius 2 is 1.75 bits per heavy atom. The lowest BCUT2D eigenvalue weighted by Crippen LogP contribution is -2.52. The van der Waals surface area contributed by atoms with Crippen molar-refractivity contribution in [1.29, 1.82) is 0 Å². The molecule has 4 heteroatoms. The second-order valence-corrected chi connectivity index (χ2v) is 5.46. The molecule has 0 spiro atoms. The van der Waals surface area contributed by atoms with Gasteiger partial charge in [0.25, 0.3) is 0 Å². The van der Waals surface area contributed by atoms with Crippen LogP contribution in [0.1, 0.15) is 46.2 Å². The molecule has 0 amide bonds. The number of nitrogens with one attached hydrogen (secondary N) is 1. The maximum absolute atomic E-state index is 14.1. The molecule has 0 heterocycles. The van der Waals surface area contributed by atoms with Gasteiger partial charge in [-0.25, -0.2) is 8.78 Å². The number of benzene rings is 1. The highest BCUT2D eigenvalue weighted by Crippen LogP contribution is 2.33. The normalized spacial score (nSPS) is 13.8. The van der Waals surface area contributed by atoms with Crippen LogP contribution in [0.2, 0.25) is 0 Å². The van der Waals surface area contributed by atoms with Crippen LogP contribution in [0.25, 0.3) is 0 Å². The molecule has 1 rings (SSSR count). The minimum atomic E-state index is -0.791. The van der Waals surface area contributed by atoms with Gasteiger partial charge in [-0.15, -0.1) is 0 Å². The molecule has 2 nitrogen and oxygen atoms in total. The summed E-state index contributed by atoms with van der Waals surface area (Å²) in [5, 5.41) is 3.31. The fourth-order valence-electron chi connectivity index (χ4n) is 2.91. The Morgan fingerprint density at radius 3 is 2.25 bits per heavy atom. The number of hydrogen-bond donors (Lipinski definition) is 1. The SMILES string of the molecule is CCNC(c1cccc(F)c1F)C(C)(C)N(CC)CC. The molecule has 1 unspecified atom stereocenters. The third kappa shape index (κ3) is 3.36. The molecule has 0 aliphatic carbocycles. The molecule has 0 bridgehead atoms. The predicted molar refractivity (Wildman–Crippen MR) is 79.8 cm³/mol. The minimum Gasteiger partial charge on any atom is -0.309 e. The lowest BCUT2D eigenvalue weighted by Gasteiger charge is -2.44. The van der Waals surface area contributed by atoms with Gasteiger partial charge in [0.1, 0.15) is 0 Å². The molecule has 1 atom stereocenters. The van der Waals surface area contributed by atoms with E-state index in [0.717, 1.165) is 19.2 Å². The Morgan fingerprint density at radius 1 is 1.15 bits per heavy atom. The van der Waals surface area contributed by atoms with Gasteiger partial charge in [-0.1, -0.05) is 32.9 Å². The molecule has 0 saturated heterocycles. The van der Waals surface area contributed by atoms with Crippen molar-refractivity contribution in [3.63, 3.8) is 0 Å². The molecule has 20 heavy (non-hydrogen) atoms. The Labute approximate surface area is 121 Å². The van der Waals surface area contributed by atoms with Gasteiger partial charge < -0.3 is 5.32 Å². The van der Waals surface area contributed by atoms with Gasteiger partial charge in [0.15, 0.2) is 11.6 Å². The summed E-state index contributed by atoms with van der Waals surface area (Å²) in [6, 6.07) is 4.13. The van der Waals surface area contributed by atoms with Crippen molar-refractivity contribution < 1.29 is 8.78 Å². The van der Waals surface area contributed by atoms with Crippen LogP contribution in [0.3, 0.4) is 0 Å². The van der Waals surface area contributed by atoms with Crippen LogP contribution in [-0.2, 0) is 0 Å². The average Bonchev–Trinajstić information content (AvgIpc) is 2.40. The number of nitrogens with zero attached hydrogens (tertiary/aromatic N) is 1. The van der Waals surface area contributed by atoms with E-state index in [2.05, 4.69) is 37.9 Å². The smallest absolute Gasteiger partial charge is 0.163 e. The van der Waals surface area contributed by atoms with E-state index in [-0.39, 0.29) is 11.6 Å². The zero-order valence-corrected chi connectivity index (χ0v) is 13.1. The molecule has 0 radical (unpaired) electrons. The number of hydrogen-bond acceptors (Lipinski definition) is 2. The van der Waals surface area contributed by atoms with E-state index < -0.39 is 11.6 Å². The van der Waals surface area contributed by atoms with Crippen molar-refractivity contribution in [2.75, 3.05) is 19.6 Å². The van der Waals surface area contributed by atoms with E-state index in [1.807, 2.05) is 6.92 Å². The molecular formula is C16H26F2N2. The van der Waals surface area contributed by atoms with Crippen LogP contribution in [0.4, 0.5) is 8.78 Å². The second kappa shape index (κ2) is 7.14. The Balaban J connectivity index is 3.26. The highest BCUT2D eigenvalue weighted by Gasteiger charge is 2.36. The van der Waals surface area contributed by atoms with E-state index >= 15 is 0 Å². The molecule has 0 aliphatic rings. The highest BCUT2D eigenvalue weighted by molar-refractivity contribution is 5.25. The lowest BCUT2D eigenvalue weighted by atomic mass is 9.86. The third-order valence-electron chi connectivity index (χ3n) is 3.99. The van der Waals surface area contributed by atoms with Gasteiger partial charge in [0, 0.05) is 11.1 Å². The van der Waals surface area contributed by atoms with E-state index in [4.69, 9.17) is 0 Å². The van der Waals surface area contributed by atoms with Gasteiger partial charge in [-0.05, 0) is 39.5 Å². The standard InChI is InChI=1S/C16H26F2N2/c1-6-19-15(16(4,5)20(7-2)8-3)12-10-9-11-13(17)14(12)18/h9-11,15,19H,6-8H2,1-5H3. The zero-order valence-electron chi connectivity index (χ0n) is 13.1. The van der Waals surface area contributed by atoms with E-state index in [0.29, 0.717) is 12.1 Å². The molecule has 1 aromatic rings. The van der Waals surface area contributed by atoms with Crippen molar-refractivity contribution in [1.82, 2.24) is 10.2 Å². The Bertz CT molecular complexity index is 428. The third-order valence-corrected chi connectivity index (χ3v) is 3.99. The molecule has 114 valence electrons. The Hall–Kier alpha value is -1.00. The van der Waals surface area contributed by atoms with E-state index in [9.17, 15) is 8.78 Å². The summed E-state index contributed by atoms with van der Waals surface area (Å²) in [7, 11) is 0. The molecule has 0 aliphatic heterocycles. The summed E-state index contributed by atoms with van der Waals surface area (Å²) in [6.45, 7) is 12.7. The van der Waals surface area contributed by atoms with Crippen molar-refractivity contribution in [2.24, 2.45) is 0 Å². The van der Waals surface area contributed by atoms with Gasteiger partial charge >= 0.3 is 0 Å². The summed E-state index contributed by atoms with van der Waals surface area (Å²) >= 11 is 0. The second-order valence-electron chi connectivity index (χ2n) is 5.46. The maximum atomic E-state index is 14.1. The average molecular weight is 284 g/mol. The van der Waals surface area contributed by atoms with Crippen LogP contribution in [0, 0.1) is 11.6 Å². The van der Waals surface area contributed by atoms with Crippen LogP contribution < -0.4 is 5.32 Å². The summed E-state index contributed by atoms with van der Waals surface area (Å²) in [5.41, 5.74) is 0.0810. The number of rotatable bonds is 7. The fourth-order valence-corrected chi connectivity index (χ4v) is 2.91. The lowest BCUT2D eigenvalue weighted by molar-refractivity contribution is 0.0900. The summed E-state index contributed by atoms with van der Waals surface area (Å²) < 4.78 is 27.7. The van der Waals surface area contributed by atoms with Crippen molar-refractivity contribution in [3.8, 4) is 0 Å². The molecule has 1 N–H and O–H groups in total. The number of likely N-dealkylation sites (N-methyl/N-ethyl adjacent to an activating group) is 2. The first kappa shape index (κ1) is 17.1. The molecule has 0 aromatic heterocycles. The highest BCUT2D eigenvalue weighted by atomic mass is 19.2. The zero-order chi connectivity index (χ0) is 15.3. The molecular weight excluding hydrogens is 258 g/mol. The first-order valence-corrected chi connectivity index (χ1v) is 7.32. The monoisotopic (exact) mass is 284 g/mol. The fraction of sp³-hybridized carbons (Fsp3) is 0.625. The quantitative estimate of drug-likeness (QED) is 0.820. The molecule has 1 aromatic carbocycles. The van der Waals surface area contributed by atoms with E-state index in [1.165, 1.54) is 0 Å². The molecule has 0 saturated carbocycles. The summed E-state index contributed by atoms with van der Waals surface area (Å²) in [5.74, 6) is -1.54. The minimum absolute atomic E-state index is 0.261. The number of halogens is 2. The van der Waals surface area contributed by atoms with E-state index in [1.54, 1.807) is 12.1 Å². The maximum Gasteiger partial charge on any atom is 0.163 e. The molecule has 0 fully saturated rings.